The summed E-state index contributed by atoms with van der Waals surface area (Å²) >= 11 is 11.9. The number of benzene rings is 2. The van der Waals surface area contributed by atoms with Crippen LogP contribution in [0.2, 0.25) is 10.0 Å². The van der Waals surface area contributed by atoms with E-state index in [1.54, 1.807) is 24.3 Å². The van der Waals surface area contributed by atoms with Gasteiger partial charge in [-0.05, 0) is 30.3 Å². The Bertz CT molecular complexity index is 826. The van der Waals surface area contributed by atoms with Crippen LogP contribution in [0.3, 0.4) is 0 Å². The molecule has 1 heterocycles. The maximum atomic E-state index is 13.3. The lowest BCUT2D eigenvalue weighted by Crippen LogP contribution is -1.85. The van der Waals surface area contributed by atoms with Crippen molar-refractivity contribution < 1.29 is 9.18 Å². The summed E-state index contributed by atoms with van der Waals surface area (Å²) < 4.78 is 13.3. The third-order valence-corrected chi connectivity index (χ3v) is 3.87. The normalized spacial score (nSPS) is 10.9. The van der Waals surface area contributed by atoms with Gasteiger partial charge in [0.1, 0.15) is 5.82 Å². The van der Waals surface area contributed by atoms with E-state index in [1.165, 1.54) is 12.1 Å². The van der Waals surface area contributed by atoms with Crippen molar-refractivity contribution in [2.75, 3.05) is 0 Å². The van der Waals surface area contributed by atoms with Gasteiger partial charge in [-0.15, -0.1) is 0 Å². The van der Waals surface area contributed by atoms with Crippen LogP contribution in [0.15, 0.2) is 36.4 Å². The minimum atomic E-state index is -0.389. The summed E-state index contributed by atoms with van der Waals surface area (Å²) in [7, 11) is 0. The molecular weight excluding hydrogens is 300 g/mol. The van der Waals surface area contributed by atoms with Crippen LogP contribution in [0.25, 0.3) is 22.2 Å². The van der Waals surface area contributed by atoms with Crippen molar-refractivity contribution in [3.05, 3.63) is 57.8 Å². The summed E-state index contributed by atoms with van der Waals surface area (Å²) in [5.41, 5.74) is 2.41. The summed E-state index contributed by atoms with van der Waals surface area (Å²) in [6.07, 6.45) is 0.704. The van der Waals surface area contributed by atoms with Gasteiger partial charge in [0.15, 0.2) is 6.29 Å². The Morgan fingerprint density at radius 3 is 2.55 bits per heavy atom. The highest BCUT2D eigenvalue weighted by atomic mass is 35.5. The van der Waals surface area contributed by atoms with E-state index < -0.39 is 0 Å². The SMILES string of the molecule is O=Cc1c(-c2ccc(Cl)c(Cl)c2)[nH]c2ccc(F)cc12. The average molecular weight is 308 g/mol. The summed E-state index contributed by atoms with van der Waals surface area (Å²) in [6.45, 7) is 0. The number of nitrogens with one attached hydrogen (secondary N) is 1. The fourth-order valence-corrected chi connectivity index (χ4v) is 2.48. The van der Waals surface area contributed by atoms with Gasteiger partial charge in [-0.1, -0.05) is 29.3 Å². The number of carbonyl (C=O) groups excluding carboxylic acids is 1. The molecule has 0 aliphatic heterocycles. The lowest BCUT2D eigenvalue weighted by Gasteiger charge is -2.02. The van der Waals surface area contributed by atoms with Crippen molar-refractivity contribution >= 4 is 40.4 Å². The first-order valence-corrected chi connectivity index (χ1v) is 6.57. The fourth-order valence-electron chi connectivity index (χ4n) is 2.19. The Hall–Kier alpha value is -1.84. The van der Waals surface area contributed by atoms with E-state index in [2.05, 4.69) is 4.98 Å². The number of hydrogen-bond acceptors (Lipinski definition) is 1. The first-order chi connectivity index (χ1) is 9.60. The summed E-state index contributed by atoms with van der Waals surface area (Å²) in [5.74, 6) is -0.389. The van der Waals surface area contributed by atoms with Crippen molar-refractivity contribution in [3.63, 3.8) is 0 Å². The number of aromatic nitrogens is 1. The first kappa shape index (κ1) is 13.2. The highest BCUT2D eigenvalue weighted by Gasteiger charge is 2.14. The zero-order chi connectivity index (χ0) is 14.3. The molecule has 0 atom stereocenters. The molecule has 3 aromatic rings. The van der Waals surface area contributed by atoms with E-state index in [1.807, 2.05) is 0 Å². The van der Waals surface area contributed by atoms with Gasteiger partial charge in [-0.25, -0.2) is 4.39 Å². The van der Waals surface area contributed by atoms with Crippen LogP contribution in [-0.2, 0) is 0 Å². The zero-order valence-electron chi connectivity index (χ0n) is 10.1. The lowest BCUT2D eigenvalue weighted by molar-refractivity contribution is 0.112. The van der Waals surface area contributed by atoms with Crippen LogP contribution >= 0.6 is 23.2 Å². The number of aromatic amines is 1. The Morgan fingerprint density at radius 2 is 1.85 bits per heavy atom. The van der Waals surface area contributed by atoms with E-state index in [4.69, 9.17) is 23.2 Å². The Labute approximate surface area is 124 Å². The smallest absolute Gasteiger partial charge is 0.152 e. The van der Waals surface area contributed by atoms with Crippen LogP contribution in [0.5, 0.6) is 0 Å². The predicted molar refractivity (Wildman–Crippen MR) is 79.1 cm³/mol. The molecule has 0 unspecified atom stereocenters. The minimum Gasteiger partial charge on any atom is -0.354 e. The molecule has 3 rings (SSSR count). The van der Waals surface area contributed by atoms with Crippen molar-refractivity contribution in [2.24, 2.45) is 0 Å². The standard InChI is InChI=1S/C15H8Cl2FNO/c16-12-3-1-8(5-13(12)17)15-11(7-20)10-6-9(18)2-4-14(10)19-15/h1-7,19H. The largest absolute Gasteiger partial charge is 0.354 e. The van der Waals surface area contributed by atoms with Crippen molar-refractivity contribution in [1.82, 2.24) is 4.98 Å². The molecule has 20 heavy (non-hydrogen) atoms. The average Bonchev–Trinajstić information content (AvgIpc) is 2.79. The van der Waals surface area contributed by atoms with Gasteiger partial charge in [0, 0.05) is 22.0 Å². The van der Waals surface area contributed by atoms with Gasteiger partial charge in [-0.2, -0.15) is 0 Å². The molecule has 1 aromatic heterocycles. The van der Waals surface area contributed by atoms with E-state index in [9.17, 15) is 9.18 Å². The predicted octanol–water partition coefficient (Wildman–Crippen LogP) is 5.09. The minimum absolute atomic E-state index is 0.389. The fraction of sp³-hybridized carbons (Fsp3) is 0. The molecule has 100 valence electrons. The zero-order valence-corrected chi connectivity index (χ0v) is 11.6. The van der Waals surface area contributed by atoms with Crippen LogP contribution < -0.4 is 0 Å². The number of carbonyl (C=O) groups is 1. The van der Waals surface area contributed by atoms with Gasteiger partial charge in [0.25, 0.3) is 0 Å². The maximum absolute atomic E-state index is 13.3. The molecule has 5 heteroatoms. The molecule has 0 spiro atoms. The molecular formula is C15H8Cl2FNO. The number of hydrogen-bond donors (Lipinski definition) is 1. The van der Waals surface area contributed by atoms with Crippen molar-refractivity contribution in [2.45, 2.75) is 0 Å². The van der Waals surface area contributed by atoms with Crippen molar-refractivity contribution in [3.8, 4) is 11.3 Å². The third kappa shape index (κ3) is 2.09. The molecule has 0 bridgehead atoms. The molecule has 0 saturated heterocycles. The quantitative estimate of drug-likeness (QED) is 0.657. The first-order valence-electron chi connectivity index (χ1n) is 5.82. The summed E-state index contributed by atoms with van der Waals surface area (Å²) in [6, 6.07) is 9.33. The topological polar surface area (TPSA) is 32.9 Å². The molecule has 1 N–H and O–H groups in total. The summed E-state index contributed by atoms with van der Waals surface area (Å²) in [4.78, 5) is 14.4. The van der Waals surface area contributed by atoms with E-state index in [-0.39, 0.29) is 5.82 Å². The molecule has 0 radical (unpaired) electrons. The number of rotatable bonds is 2. The number of fused-ring (bicyclic) bond motifs is 1. The molecule has 0 aliphatic rings. The molecule has 0 fully saturated rings. The Morgan fingerprint density at radius 1 is 1.05 bits per heavy atom. The highest BCUT2D eigenvalue weighted by Crippen LogP contribution is 2.33. The third-order valence-electron chi connectivity index (χ3n) is 3.13. The molecule has 2 nitrogen and oxygen atoms in total. The van der Waals surface area contributed by atoms with Crippen LogP contribution in [0, 0.1) is 5.82 Å². The van der Waals surface area contributed by atoms with Gasteiger partial charge in [0.2, 0.25) is 0 Å². The second-order valence-electron chi connectivity index (χ2n) is 4.35. The second kappa shape index (κ2) is 4.93. The van der Waals surface area contributed by atoms with E-state index in [0.29, 0.717) is 38.5 Å². The molecule has 2 aromatic carbocycles. The van der Waals surface area contributed by atoms with Crippen LogP contribution in [-0.4, -0.2) is 11.3 Å². The number of aldehydes is 1. The molecule has 0 amide bonds. The number of halogens is 3. The van der Waals surface area contributed by atoms with Gasteiger partial charge in [0.05, 0.1) is 15.7 Å². The second-order valence-corrected chi connectivity index (χ2v) is 5.16. The highest BCUT2D eigenvalue weighted by molar-refractivity contribution is 6.42. The van der Waals surface area contributed by atoms with E-state index >= 15 is 0 Å². The van der Waals surface area contributed by atoms with Gasteiger partial charge >= 0.3 is 0 Å². The van der Waals surface area contributed by atoms with Gasteiger partial charge < -0.3 is 4.98 Å². The van der Waals surface area contributed by atoms with Gasteiger partial charge in [-0.3, -0.25) is 4.79 Å². The Kier molecular flexibility index (Phi) is 3.24. The van der Waals surface area contributed by atoms with Crippen molar-refractivity contribution in [1.29, 1.82) is 0 Å². The molecule has 0 aliphatic carbocycles. The number of H-pyrrole nitrogens is 1. The van der Waals surface area contributed by atoms with Crippen LogP contribution in [0.1, 0.15) is 10.4 Å². The Balaban J connectivity index is 2.30. The monoisotopic (exact) mass is 307 g/mol. The maximum Gasteiger partial charge on any atom is 0.152 e. The van der Waals surface area contributed by atoms with Crippen LogP contribution in [0.4, 0.5) is 4.39 Å². The lowest BCUT2D eigenvalue weighted by atomic mass is 10.1. The van der Waals surface area contributed by atoms with E-state index in [0.717, 1.165) is 5.56 Å². The summed E-state index contributed by atoms with van der Waals surface area (Å²) in [5, 5.41) is 1.37. The molecule has 0 saturated carbocycles.